The first-order valence-corrected chi connectivity index (χ1v) is 8.11. The van der Waals surface area contributed by atoms with Gasteiger partial charge in [0.2, 0.25) is 0 Å². The molecule has 1 N–H and O–H groups in total. The third-order valence-electron chi connectivity index (χ3n) is 4.42. The van der Waals surface area contributed by atoms with Crippen LogP contribution in [0.25, 0.3) is 10.9 Å². The Hall–Kier alpha value is -1.90. The number of benzene rings is 1. The number of hydrogen-bond acceptors (Lipinski definition) is 3. The molecule has 1 saturated carbocycles. The third-order valence-corrected chi connectivity index (χ3v) is 4.42. The molecule has 0 bridgehead atoms. The highest BCUT2D eigenvalue weighted by Gasteiger charge is 2.29. The van der Waals surface area contributed by atoms with Crippen LogP contribution in [-0.4, -0.2) is 10.7 Å². The molecular weight excluding hydrogens is 270 g/mol. The predicted octanol–water partition coefficient (Wildman–Crippen LogP) is 5.16. The summed E-state index contributed by atoms with van der Waals surface area (Å²) in [6.45, 7) is 9.09. The molecule has 0 aliphatic heterocycles. The third kappa shape index (κ3) is 3.29. The Kier molecular flexibility index (Phi) is 3.90. The first kappa shape index (κ1) is 15.0. The maximum absolute atomic E-state index is 4.66. The fourth-order valence-corrected chi connectivity index (χ4v) is 3.74. The molecule has 0 spiro atoms. The average Bonchev–Trinajstić information content (AvgIpc) is 2.43. The summed E-state index contributed by atoms with van der Waals surface area (Å²) in [5.41, 5.74) is 7.04. The number of hydrogen-bond donors (Lipinski definition) is 1. The van der Waals surface area contributed by atoms with E-state index in [0.717, 1.165) is 24.2 Å². The summed E-state index contributed by atoms with van der Waals surface area (Å²) in [6, 6.07) is 10.3. The molecule has 1 heterocycles. The van der Waals surface area contributed by atoms with Crippen molar-refractivity contribution < 1.29 is 0 Å². The summed E-state index contributed by atoms with van der Waals surface area (Å²) < 4.78 is 0. The predicted molar refractivity (Wildman–Crippen MR) is 94.3 cm³/mol. The minimum atomic E-state index is 0.352. The van der Waals surface area contributed by atoms with Crippen molar-refractivity contribution in [2.75, 3.05) is 5.43 Å². The van der Waals surface area contributed by atoms with Gasteiger partial charge in [0.1, 0.15) is 5.82 Å². The first-order valence-electron chi connectivity index (χ1n) is 8.11. The Labute approximate surface area is 132 Å². The van der Waals surface area contributed by atoms with Crippen molar-refractivity contribution >= 4 is 22.4 Å². The van der Waals surface area contributed by atoms with Crippen LogP contribution >= 0.6 is 0 Å². The highest BCUT2D eigenvalue weighted by Crippen LogP contribution is 2.37. The minimum absolute atomic E-state index is 0.352. The average molecular weight is 295 g/mol. The zero-order chi connectivity index (χ0) is 15.7. The summed E-state index contributed by atoms with van der Waals surface area (Å²) >= 11 is 0. The molecular formula is C19H25N3. The van der Waals surface area contributed by atoms with Gasteiger partial charge in [0.05, 0.1) is 5.52 Å². The van der Waals surface area contributed by atoms with Crippen LogP contribution in [0.1, 0.15) is 45.6 Å². The zero-order valence-electron chi connectivity index (χ0n) is 14.0. The normalized spacial score (nSPS) is 22.9. The van der Waals surface area contributed by atoms with Crippen LogP contribution in [0.3, 0.4) is 0 Å². The molecule has 0 saturated heterocycles. The highest BCUT2D eigenvalue weighted by molar-refractivity contribution is 5.87. The molecule has 3 nitrogen and oxygen atoms in total. The van der Waals surface area contributed by atoms with Crippen molar-refractivity contribution in [2.24, 2.45) is 16.4 Å². The van der Waals surface area contributed by atoms with Gasteiger partial charge in [-0.15, -0.1) is 0 Å². The van der Waals surface area contributed by atoms with E-state index < -0.39 is 0 Å². The lowest BCUT2D eigenvalue weighted by atomic mass is 9.72. The Morgan fingerprint density at radius 1 is 1.27 bits per heavy atom. The smallest absolute Gasteiger partial charge is 0.147 e. The number of aryl methyl sites for hydroxylation is 1. The molecule has 3 heteroatoms. The SMILES string of the molecule is Cc1cc(NN=C2CC(C)CC(C)(C)C2)nc2ccccc12. The van der Waals surface area contributed by atoms with Crippen molar-refractivity contribution in [1.82, 2.24) is 4.98 Å². The molecule has 1 aliphatic carbocycles. The Morgan fingerprint density at radius 2 is 2.05 bits per heavy atom. The van der Waals surface area contributed by atoms with Gasteiger partial charge in [-0.25, -0.2) is 4.98 Å². The molecule has 1 fully saturated rings. The van der Waals surface area contributed by atoms with Gasteiger partial charge in [-0.3, -0.25) is 5.43 Å². The molecule has 3 rings (SSSR count). The van der Waals surface area contributed by atoms with Gasteiger partial charge in [-0.05, 0) is 55.2 Å². The van der Waals surface area contributed by atoms with Gasteiger partial charge in [0.15, 0.2) is 0 Å². The van der Waals surface area contributed by atoms with Crippen LogP contribution in [0.2, 0.25) is 0 Å². The number of pyridine rings is 1. The second-order valence-corrected chi connectivity index (χ2v) is 7.49. The summed E-state index contributed by atoms with van der Waals surface area (Å²) in [6.07, 6.45) is 3.43. The molecule has 1 aliphatic rings. The summed E-state index contributed by atoms with van der Waals surface area (Å²) in [5.74, 6) is 1.54. The first-order chi connectivity index (χ1) is 10.4. The van der Waals surface area contributed by atoms with Crippen molar-refractivity contribution in [2.45, 2.75) is 47.0 Å². The molecule has 0 radical (unpaired) electrons. The fraction of sp³-hybridized carbons (Fsp3) is 0.474. The molecule has 2 aromatic rings. The minimum Gasteiger partial charge on any atom is -0.261 e. The second kappa shape index (κ2) is 5.71. The van der Waals surface area contributed by atoms with Crippen LogP contribution in [0, 0.1) is 18.3 Å². The van der Waals surface area contributed by atoms with Gasteiger partial charge in [-0.2, -0.15) is 5.10 Å². The number of rotatable bonds is 2. The quantitative estimate of drug-likeness (QED) is 0.777. The van der Waals surface area contributed by atoms with Crippen molar-refractivity contribution in [3.05, 3.63) is 35.9 Å². The fourth-order valence-electron chi connectivity index (χ4n) is 3.74. The van der Waals surface area contributed by atoms with Crippen LogP contribution in [0.4, 0.5) is 5.82 Å². The summed E-state index contributed by atoms with van der Waals surface area (Å²) in [4.78, 5) is 4.66. The van der Waals surface area contributed by atoms with E-state index in [-0.39, 0.29) is 0 Å². The van der Waals surface area contributed by atoms with Gasteiger partial charge in [0.25, 0.3) is 0 Å². The summed E-state index contributed by atoms with van der Waals surface area (Å²) in [5, 5.41) is 5.85. The maximum atomic E-state index is 4.66. The number of aromatic nitrogens is 1. The largest absolute Gasteiger partial charge is 0.261 e. The lowest BCUT2D eigenvalue weighted by Crippen LogP contribution is -2.28. The number of para-hydroxylation sites is 1. The number of anilines is 1. The van der Waals surface area contributed by atoms with E-state index in [0.29, 0.717) is 11.3 Å². The standard InChI is InChI=1S/C19H25N3/c1-13-9-15(12-19(3,4)11-13)21-22-18-10-14(2)16-7-5-6-8-17(16)20-18/h5-8,10,13H,9,11-12H2,1-4H3,(H,20,22). The molecule has 1 atom stereocenters. The van der Waals surface area contributed by atoms with Gasteiger partial charge < -0.3 is 0 Å². The second-order valence-electron chi connectivity index (χ2n) is 7.49. The Balaban J connectivity index is 1.83. The van der Waals surface area contributed by atoms with Crippen molar-refractivity contribution in [3.63, 3.8) is 0 Å². The van der Waals surface area contributed by atoms with E-state index in [4.69, 9.17) is 0 Å². The lowest BCUT2D eigenvalue weighted by molar-refractivity contribution is 0.266. The van der Waals surface area contributed by atoms with Crippen LogP contribution in [0.15, 0.2) is 35.4 Å². The van der Waals surface area contributed by atoms with E-state index in [1.165, 1.54) is 23.1 Å². The number of nitrogens with one attached hydrogen (secondary N) is 1. The molecule has 1 aromatic heterocycles. The van der Waals surface area contributed by atoms with E-state index >= 15 is 0 Å². The topological polar surface area (TPSA) is 37.3 Å². The van der Waals surface area contributed by atoms with E-state index in [1.54, 1.807) is 0 Å². The number of hydrazone groups is 1. The monoisotopic (exact) mass is 295 g/mol. The lowest BCUT2D eigenvalue weighted by Gasteiger charge is -2.34. The number of nitrogens with zero attached hydrogens (tertiary/aromatic N) is 2. The van der Waals surface area contributed by atoms with Crippen LogP contribution in [-0.2, 0) is 0 Å². The molecule has 1 aromatic carbocycles. The van der Waals surface area contributed by atoms with Gasteiger partial charge in [-0.1, -0.05) is 39.0 Å². The van der Waals surface area contributed by atoms with Gasteiger partial charge in [0, 0.05) is 11.1 Å². The van der Waals surface area contributed by atoms with E-state index in [9.17, 15) is 0 Å². The summed E-state index contributed by atoms with van der Waals surface area (Å²) in [7, 11) is 0. The van der Waals surface area contributed by atoms with Crippen LogP contribution in [0.5, 0.6) is 0 Å². The molecule has 22 heavy (non-hydrogen) atoms. The number of fused-ring (bicyclic) bond motifs is 1. The van der Waals surface area contributed by atoms with Gasteiger partial charge >= 0.3 is 0 Å². The molecule has 0 amide bonds. The van der Waals surface area contributed by atoms with E-state index in [2.05, 4.69) is 61.4 Å². The van der Waals surface area contributed by atoms with E-state index in [1.807, 2.05) is 12.1 Å². The molecule has 116 valence electrons. The maximum Gasteiger partial charge on any atom is 0.147 e. The van der Waals surface area contributed by atoms with Crippen LogP contribution < -0.4 is 5.43 Å². The molecule has 1 unspecified atom stereocenters. The highest BCUT2D eigenvalue weighted by atomic mass is 15.3. The zero-order valence-corrected chi connectivity index (χ0v) is 14.0. The Bertz CT molecular complexity index is 716. The Morgan fingerprint density at radius 3 is 2.82 bits per heavy atom. The van der Waals surface area contributed by atoms with Crippen molar-refractivity contribution in [1.29, 1.82) is 0 Å². The van der Waals surface area contributed by atoms with Crippen molar-refractivity contribution in [3.8, 4) is 0 Å².